The van der Waals surface area contributed by atoms with Gasteiger partial charge in [-0.15, -0.1) is 0 Å². The number of aromatic nitrogens is 1. The van der Waals surface area contributed by atoms with Crippen LogP contribution in [0.3, 0.4) is 0 Å². The highest BCUT2D eigenvalue weighted by molar-refractivity contribution is 7.92. The minimum Gasteiger partial charge on any atom is -0.371 e. The molecule has 0 aliphatic carbocycles. The Bertz CT molecular complexity index is 887. The van der Waals surface area contributed by atoms with Crippen LogP contribution in [0.25, 0.3) is 0 Å². The van der Waals surface area contributed by atoms with Crippen LogP contribution in [-0.2, 0) is 19.5 Å². The predicted molar refractivity (Wildman–Crippen MR) is 99.3 cm³/mol. The van der Waals surface area contributed by atoms with Crippen LogP contribution in [0.5, 0.6) is 0 Å². The smallest absolute Gasteiger partial charge is 0.267 e. The zero-order chi connectivity index (χ0) is 19.1. The lowest BCUT2D eigenvalue weighted by molar-refractivity contribution is -0.169. The molecule has 9 heteroatoms. The van der Waals surface area contributed by atoms with Gasteiger partial charge in [0.2, 0.25) is 0 Å². The van der Waals surface area contributed by atoms with Crippen LogP contribution in [0.2, 0.25) is 0 Å². The third-order valence-corrected chi connectivity index (χ3v) is 6.68. The third kappa shape index (κ3) is 3.54. The number of rotatable bonds is 4. The van der Waals surface area contributed by atoms with Crippen LogP contribution in [0.4, 0.5) is 11.4 Å². The Morgan fingerprint density at radius 3 is 2.26 bits per heavy atom. The van der Waals surface area contributed by atoms with Gasteiger partial charge in [0.15, 0.2) is 16.4 Å². The first-order valence-corrected chi connectivity index (χ1v) is 10.5. The fourth-order valence-electron chi connectivity index (χ4n) is 3.70. The molecule has 0 atom stereocenters. The number of hydrogen-bond acceptors (Lipinski definition) is 7. The van der Waals surface area contributed by atoms with Gasteiger partial charge in [-0.1, -0.05) is 5.16 Å². The molecule has 2 saturated heterocycles. The number of hydrogen-bond donors (Lipinski definition) is 1. The van der Waals surface area contributed by atoms with E-state index in [4.69, 9.17) is 14.0 Å². The minimum absolute atomic E-state index is 0.0875. The highest BCUT2D eigenvalue weighted by atomic mass is 32.2. The molecular weight excluding hydrogens is 370 g/mol. The molecule has 0 bridgehead atoms. The molecule has 146 valence electrons. The van der Waals surface area contributed by atoms with Crippen LogP contribution in [0.1, 0.15) is 24.3 Å². The largest absolute Gasteiger partial charge is 0.371 e. The maximum Gasteiger partial charge on any atom is 0.267 e. The minimum atomic E-state index is -3.74. The van der Waals surface area contributed by atoms with Crippen LogP contribution < -0.4 is 9.62 Å². The molecule has 0 radical (unpaired) electrons. The van der Waals surface area contributed by atoms with E-state index in [1.54, 1.807) is 26.0 Å². The summed E-state index contributed by atoms with van der Waals surface area (Å²) < 4.78 is 44.2. The number of nitrogens with zero attached hydrogens (tertiary/aromatic N) is 2. The lowest BCUT2D eigenvalue weighted by atomic mass is 10.0. The average molecular weight is 393 g/mol. The molecule has 2 aliphatic heterocycles. The number of benzene rings is 1. The SMILES string of the molecule is Cc1noc(C)c1S(=O)(=O)Nc1ccc(N2CCC3(CC2)OCCO3)cc1. The molecule has 1 spiro atoms. The quantitative estimate of drug-likeness (QED) is 0.852. The Balaban J connectivity index is 1.44. The lowest BCUT2D eigenvalue weighted by Crippen LogP contribution is -2.45. The summed E-state index contributed by atoms with van der Waals surface area (Å²) in [7, 11) is -3.74. The van der Waals surface area contributed by atoms with E-state index in [2.05, 4.69) is 14.8 Å². The summed E-state index contributed by atoms with van der Waals surface area (Å²) in [6, 6.07) is 7.36. The summed E-state index contributed by atoms with van der Waals surface area (Å²) in [5, 5.41) is 3.71. The van der Waals surface area contributed by atoms with Gasteiger partial charge in [-0.3, -0.25) is 4.72 Å². The standard InChI is InChI=1S/C18H23N3O5S/c1-13-17(14(2)26-19-13)27(22,23)20-15-3-5-16(6-4-15)21-9-7-18(8-10-21)24-11-12-25-18/h3-6,20H,7-12H2,1-2H3. The average Bonchev–Trinajstić information content (AvgIpc) is 3.23. The Hall–Kier alpha value is -2.10. The summed E-state index contributed by atoms with van der Waals surface area (Å²) in [5.41, 5.74) is 1.88. The second-order valence-electron chi connectivity index (χ2n) is 6.90. The highest BCUT2D eigenvalue weighted by Gasteiger charge is 2.39. The highest BCUT2D eigenvalue weighted by Crippen LogP contribution is 2.33. The number of anilines is 2. The normalized spacial score (nSPS) is 19.6. The van der Waals surface area contributed by atoms with E-state index < -0.39 is 15.8 Å². The molecule has 8 nitrogen and oxygen atoms in total. The van der Waals surface area contributed by atoms with Crippen LogP contribution in [-0.4, -0.2) is 45.7 Å². The molecule has 3 heterocycles. The molecule has 2 aliphatic rings. The monoisotopic (exact) mass is 393 g/mol. The van der Waals surface area contributed by atoms with E-state index in [-0.39, 0.29) is 10.7 Å². The van der Waals surface area contributed by atoms with Crippen molar-refractivity contribution in [3.05, 3.63) is 35.7 Å². The van der Waals surface area contributed by atoms with E-state index in [0.717, 1.165) is 31.6 Å². The van der Waals surface area contributed by atoms with Gasteiger partial charge in [0.1, 0.15) is 5.69 Å². The van der Waals surface area contributed by atoms with Crippen molar-refractivity contribution in [3.63, 3.8) is 0 Å². The summed E-state index contributed by atoms with van der Waals surface area (Å²) in [5.74, 6) is -0.129. The molecule has 0 saturated carbocycles. The molecule has 1 N–H and O–H groups in total. The Morgan fingerprint density at radius 1 is 1.07 bits per heavy atom. The molecule has 0 unspecified atom stereocenters. The first kappa shape index (κ1) is 18.3. The molecule has 2 fully saturated rings. The van der Waals surface area contributed by atoms with Crippen LogP contribution in [0, 0.1) is 13.8 Å². The van der Waals surface area contributed by atoms with Gasteiger partial charge in [-0.2, -0.15) is 0 Å². The second kappa shape index (κ2) is 6.81. The van der Waals surface area contributed by atoms with Crippen molar-refractivity contribution in [1.82, 2.24) is 5.16 Å². The Morgan fingerprint density at radius 2 is 1.70 bits per heavy atom. The summed E-state index contributed by atoms with van der Waals surface area (Å²) in [6.07, 6.45) is 1.65. The van der Waals surface area contributed by atoms with Gasteiger partial charge in [0.05, 0.1) is 13.2 Å². The van der Waals surface area contributed by atoms with Crippen LogP contribution in [0.15, 0.2) is 33.7 Å². The van der Waals surface area contributed by atoms with Crippen molar-refractivity contribution in [2.75, 3.05) is 35.9 Å². The van der Waals surface area contributed by atoms with Crippen molar-refractivity contribution in [2.24, 2.45) is 0 Å². The van der Waals surface area contributed by atoms with Gasteiger partial charge in [0.25, 0.3) is 10.0 Å². The van der Waals surface area contributed by atoms with E-state index in [9.17, 15) is 8.42 Å². The Labute approximate surface area is 158 Å². The molecule has 1 aromatic carbocycles. The maximum atomic E-state index is 12.6. The zero-order valence-corrected chi connectivity index (χ0v) is 16.2. The number of piperidine rings is 1. The molecule has 0 amide bonds. The molecule has 4 rings (SSSR count). The van der Waals surface area contributed by atoms with E-state index in [1.807, 2.05) is 12.1 Å². The van der Waals surface area contributed by atoms with E-state index in [0.29, 0.717) is 24.6 Å². The predicted octanol–water partition coefficient (Wildman–Crippen LogP) is 2.44. The van der Waals surface area contributed by atoms with Crippen molar-refractivity contribution < 1.29 is 22.4 Å². The van der Waals surface area contributed by atoms with Crippen molar-refractivity contribution in [3.8, 4) is 0 Å². The van der Waals surface area contributed by atoms with Crippen molar-refractivity contribution >= 4 is 21.4 Å². The summed E-state index contributed by atoms with van der Waals surface area (Å²) >= 11 is 0. The van der Waals surface area contributed by atoms with Gasteiger partial charge in [-0.05, 0) is 38.1 Å². The number of nitrogens with one attached hydrogen (secondary N) is 1. The zero-order valence-electron chi connectivity index (χ0n) is 15.4. The van der Waals surface area contributed by atoms with Gasteiger partial charge in [-0.25, -0.2) is 8.42 Å². The van der Waals surface area contributed by atoms with Gasteiger partial charge >= 0.3 is 0 Å². The van der Waals surface area contributed by atoms with E-state index in [1.165, 1.54) is 0 Å². The first-order valence-electron chi connectivity index (χ1n) is 8.97. The molecular formula is C18H23N3O5S. The van der Waals surface area contributed by atoms with Gasteiger partial charge in [0, 0.05) is 37.3 Å². The van der Waals surface area contributed by atoms with Crippen molar-refractivity contribution in [2.45, 2.75) is 37.4 Å². The molecule has 1 aromatic heterocycles. The second-order valence-corrected chi connectivity index (χ2v) is 8.52. The fourth-order valence-corrected chi connectivity index (χ4v) is 5.09. The van der Waals surface area contributed by atoms with Crippen molar-refractivity contribution in [1.29, 1.82) is 0 Å². The topological polar surface area (TPSA) is 93.9 Å². The third-order valence-electron chi connectivity index (χ3n) is 5.06. The van der Waals surface area contributed by atoms with Crippen LogP contribution >= 0.6 is 0 Å². The maximum absolute atomic E-state index is 12.6. The lowest BCUT2D eigenvalue weighted by Gasteiger charge is -2.38. The fraction of sp³-hybridized carbons (Fsp3) is 0.500. The number of sulfonamides is 1. The van der Waals surface area contributed by atoms with E-state index >= 15 is 0 Å². The number of ether oxygens (including phenoxy) is 2. The molecule has 2 aromatic rings. The Kier molecular flexibility index (Phi) is 4.61. The summed E-state index contributed by atoms with van der Waals surface area (Å²) in [4.78, 5) is 2.34. The summed E-state index contributed by atoms with van der Waals surface area (Å²) in [6.45, 7) is 6.20. The number of aryl methyl sites for hydroxylation is 2. The van der Waals surface area contributed by atoms with Gasteiger partial charge < -0.3 is 18.9 Å². The molecule has 27 heavy (non-hydrogen) atoms. The first-order chi connectivity index (χ1) is 12.9.